The number of halogens is 1. The van der Waals surface area contributed by atoms with Crippen molar-refractivity contribution in [2.75, 3.05) is 18.0 Å². The summed E-state index contributed by atoms with van der Waals surface area (Å²) in [5, 5.41) is 3.69. The second-order valence-corrected chi connectivity index (χ2v) is 7.80. The largest absolute Gasteiger partial charge is 0.423 e. The van der Waals surface area contributed by atoms with Crippen LogP contribution in [0.15, 0.2) is 34.9 Å². The van der Waals surface area contributed by atoms with E-state index in [9.17, 15) is 4.79 Å². The lowest BCUT2D eigenvalue weighted by Crippen LogP contribution is -2.43. The van der Waals surface area contributed by atoms with Gasteiger partial charge in [-0.05, 0) is 62.1 Å². The minimum atomic E-state index is -0.0916. The first-order chi connectivity index (χ1) is 13.5. The standard InChI is InChI=1S/C21H23ClN4O2/c1-13-8-14(2)23-10-16(13)11-24-20(27)15-4-3-7-26(12-15)21-25-18-9-17(22)5-6-19(18)28-21/h5-6,8-10,15H,3-4,7,11-12H2,1-2H3,(H,24,27). The van der Waals surface area contributed by atoms with Gasteiger partial charge in [0.1, 0.15) is 5.52 Å². The molecule has 7 heteroatoms. The van der Waals surface area contributed by atoms with E-state index < -0.39 is 0 Å². The predicted octanol–water partition coefficient (Wildman–Crippen LogP) is 4.03. The molecule has 0 spiro atoms. The molecule has 1 aliphatic heterocycles. The molecule has 0 bridgehead atoms. The number of nitrogens with one attached hydrogen (secondary N) is 1. The van der Waals surface area contributed by atoms with E-state index in [0.29, 0.717) is 29.7 Å². The summed E-state index contributed by atoms with van der Waals surface area (Å²) in [4.78, 5) is 23.6. The van der Waals surface area contributed by atoms with Crippen LogP contribution in [0.3, 0.4) is 0 Å². The first kappa shape index (κ1) is 18.7. The Labute approximate surface area is 168 Å². The van der Waals surface area contributed by atoms with Crippen molar-refractivity contribution in [3.63, 3.8) is 0 Å². The maximum atomic E-state index is 12.7. The van der Waals surface area contributed by atoms with Crippen molar-refractivity contribution < 1.29 is 9.21 Å². The molecule has 3 heterocycles. The number of pyridine rings is 1. The molecule has 146 valence electrons. The number of hydrogen-bond acceptors (Lipinski definition) is 5. The molecule has 1 N–H and O–H groups in total. The van der Waals surface area contributed by atoms with Gasteiger partial charge in [0, 0.05) is 36.5 Å². The van der Waals surface area contributed by atoms with Crippen molar-refractivity contribution in [3.8, 4) is 0 Å². The summed E-state index contributed by atoms with van der Waals surface area (Å²) in [5.41, 5.74) is 4.60. The van der Waals surface area contributed by atoms with Crippen LogP contribution in [0.25, 0.3) is 11.1 Å². The van der Waals surface area contributed by atoms with Gasteiger partial charge >= 0.3 is 0 Å². The molecule has 1 aliphatic rings. The molecule has 1 amide bonds. The van der Waals surface area contributed by atoms with Crippen molar-refractivity contribution in [1.29, 1.82) is 0 Å². The molecule has 4 rings (SSSR count). The van der Waals surface area contributed by atoms with Crippen LogP contribution in [0.4, 0.5) is 6.01 Å². The van der Waals surface area contributed by atoms with Crippen LogP contribution < -0.4 is 10.2 Å². The van der Waals surface area contributed by atoms with Gasteiger partial charge in [-0.1, -0.05) is 11.6 Å². The number of nitrogens with zero attached hydrogens (tertiary/aromatic N) is 3. The van der Waals surface area contributed by atoms with Gasteiger partial charge in [-0.3, -0.25) is 9.78 Å². The van der Waals surface area contributed by atoms with Crippen LogP contribution >= 0.6 is 11.6 Å². The van der Waals surface area contributed by atoms with Gasteiger partial charge < -0.3 is 14.6 Å². The number of aryl methyl sites for hydroxylation is 2. The third kappa shape index (κ3) is 3.97. The smallest absolute Gasteiger partial charge is 0.298 e. The van der Waals surface area contributed by atoms with E-state index in [1.165, 1.54) is 0 Å². The molecule has 3 aromatic rings. The van der Waals surface area contributed by atoms with Crippen LogP contribution in [0, 0.1) is 19.8 Å². The lowest BCUT2D eigenvalue weighted by atomic mass is 9.97. The number of carbonyl (C=O) groups excluding carboxylic acids is 1. The number of amides is 1. The van der Waals surface area contributed by atoms with Crippen molar-refractivity contribution in [2.45, 2.75) is 33.2 Å². The van der Waals surface area contributed by atoms with Crippen LogP contribution in [-0.4, -0.2) is 29.0 Å². The number of hydrogen-bond donors (Lipinski definition) is 1. The van der Waals surface area contributed by atoms with Crippen molar-refractivity contribution in [3.05, 3.63) is 52.3 Å². The first-order valence-electron chi connectivity index (χ1n) is 9.50. The van der Waals surface area contributed by atoms with Gasteiger partial charge in [-0.25, -0.2) is 0 Å². The van der Waals surface area contributed by atoms with E-state index in [2.05, 4.69) is 15.3 Å². The van der Waals surface area contributed by atoms with Gasteiger partial charge in [0.15, 0.2) is 5.58 Å². The number of piperidine rings is 1. The molecule has 0 radical (unpaired) electrons. The number of carbonyl (C=O) groups is 1. The van der Waals surface area contributed by atoms with Crippen LogP contribution in [0.2, 0.25) is 5.02 Å². The van der Waals surface area contributed by atoms with Gasteiger partial charge in [-0.2, -0.15) is 4.98 Å². The maximum Gasteiger partial charge on any atom is 0.298 e. The Hall–Kier alpha value is -2.60. The lowest BCUT2D eigenvalue weighted by Gasteiger charge is -2.30. The molecule has 2 aromatic heterocycles. The minimum absolute atomic E-state index is 0.0591. The monoisotopic (exact) mass is 398 g/mol. The summed E-state index contributed by atoms with van der Waals surface area (Å²) >= 11 is 6.03. The Morgan fingerprint density at radius 2 is 2.21 bits per heavy atom. The first-order valence-corrected chi connectivity index (χ1v) is 9.88. The summed E-state index contributed by atoms with van der Waals surface area (Å²) in [7, 11) is 0. The van der Waals surface area contributed by atoms with E-state index in [1.807, 2.05) is 37.1 Å². The zero-order valence-corrected chi connectivity index (χ0v) is 16.8. The SMILES string of the molecule is Cc1cc(C)c(CNC(=O)C2CCCN(c3nc4cc(Cl)ccc4o3)C2)cn1. The number of oxazole rings is 1. The molecule has 1 saturated heterocycles. The van der Waals surface area contributed by atoms with Crippen molar-refractivity contribution in [2.24, 2.45) is 5.92 Å². The van der Waals surface area contributed by atoms with Crippen LogP contribution in [0.1, 0.15) is 29.7 Å². The number of aromatic nitrogens is 2. The highest BCUT2D eigenvalue weighted by atomic mass is 35.5. The number of anilines is 1. The summed E-state index contributed by atoms with van der Waals surface area (Å²) in [6.45, 7) is 5.92. The molecule has 0 saturated carbocycles. The lowest BCUT2D eigenvalue weighted by molar-refractivity contribution is -0.125. The summed E-state index contributed by atoms with van der Waals surface area (Å²) in [6, 6.07) is 7.97. The number of fused-ring (bicyclic) bond motifs is 1. The van der Waals surface area contributed by atoms with Crippen molar-refractivity contribution >= 4 is 34.6 Å². The molecule has 0 aliphatic carbocycles. The van der Waals surface area contributed by atoms with E-state index in [4.69, 9.17) is 16.0 Å². The Morgan fingerprint density at radius 1 is 1.36 bits per heavy atom. The van der Waals surface area contributed by atoms with E-state index in [-0.39, 0.29) is 11.8 Å². The third-order valence-electron chi connectivity index (χ3n) is 5.21. The van der Waals surface area contributed by atoms with Crippen molar-refractivity contribution in [1.82, 2.24) is 15.3 Å². The predicted molar refractivity (Wildman–Crippen MR) is 110 cm³/mol. The Morgan fingerprint density at radius 3 is 3.04 bits per heavy atom. The molecule has 28 heavy (non-hydrogen) atoms. The fraction of sp³-hybridized carbons (Fsp3) is 0.381. The number of rotatable bonds is 4. The molecule has 6 nitrogen and oxygen atoms in total. The molecule has 1 unspecified atom stereocenters. The van der Waals surface area contributed by atoms with E-state index in [0.717, 1.165) is 41.7 Å². The number of benzene rings is 1. The maximum absolute atomic E-state index is 12.7. The van der Waals surface area contributed by atoms with Crippen LogP contribution in [-0.2, 0) is 11.3 Å². The van der Waals surface area contributed by atoms with E-state index in [1.54, 1.807) is 12.1 Å². The average Bonchev–Trinajstić information content (AvgIpc) is 3.10. The fourth-order valence-electron chi connectivity index (χ4n) is 3.63. The average molecular weight is 399 g/mol. The highest BCUT2D eigenvalue weighted by Crippen LogP contribution is 2.28. The van der Waals surface area contributed by atoms with Gasteiger partial charge in [-0.15, -0.1) is 0 Å². The highest BCUT2D eigenvalue weighted by Gasteiger charge is 2.28. The second-order valence-electron chi connectivity index (χ2n) is 7.36. The topological polar surface area (TPSA) is 71.3 Å². The normalized spacial score (nSPS) is 17.1. The quantitative estimate of drug-likeness (QED) is 0.718. The zero-order chi connectivity index (χ0) is 19.7. The highest BCUT2D eigenvalue weighted by molar-refractivity contribution is 6.31. The van der Waals surface area contributed by atoms with E-state index >= 15 is 0 Å². The summed E-state index contributed by atoms with van der Waals surface area (Å²) < 4.78 is 5.86. The van der Waals surface area contributed by atoms with Gasteiger partial charge in [0.2, 0.25) is 5.91 Å². The van der Waals surface area contributed by atoms with Gasteiger partial charge in [0.05, 0.1) is 5.92 Å². The Balaban J connectivity index is 1.41. The summed E-state index contributed by atoms with van der Waals surface area (Å²) in [6.07, 6.45) is 3.61. The third-order valence-corrected chi connectivity index (χ3v) is 5.45. The molecule has 1 fully saturated rings. The zero-order valence-electron chi connectivity index (χ0n) is 16.0. The van der Waals surface area contributed by atoms with Gasteiger partial charge in [0.25, 0.3) is 6.01 Å². The Kier molecular flexibility index (Phi) is 5.22. The Bertz CT molecular complexity index is 1020. The second kappa shape index (κ2) is 7.80. The molecular formula is C21H23ClN4O2. The van der Waals surface area contributed by atoms with Crippen LogP contribution in [0.5, 0.6) is 0 Å². The molecular weight excluding hydrogens is 376 g/mol. The molecule has 1 atom stereocenters. The minimum Gasteiger partial charge on any atom is -0.423 e. The molecule has 1 aromatic carbocycles. The fourth-order valence-corrected chi connectivity index (χ4v) is 3.79. The summed E-state index contributed by atoms with van der Waals surface area (Å²) in [5.74, 6) is -0.0325.